The van der Waals surface area contributed by atoms with E-state index in [0.717, 1.165) is 19.3 Å². The summed E-state index contributed by atoms with van der Waals surface area (Å²) in [7, 11) is -1.89. The van der Waals surface area contributed by atoms with Crippen LogP contribution in [0, 0.1) is 0 Å². The van der Waals surface area contributed by atoms with Crippen molar-refractivity contribution < 1.29 is 19.4 Å². The van der Waals surface area contributed by atoms with Crippen LogP contribution in [0.5, 0.6) is 0 Å². The second kappa shape index (κ2) is 6.67. The van der Waals surface area contributed by atoms with E-state index >= 15 is 0 Å². The lowest BCUT2D eigenvalue weighted by Crippen LogP contribution is -2.50. The van der Waals surface area contributed by atoms with E-state index in [2.05, 4.69) is 33.9 Å². The van der Waals surface area contributed by atoms with Crippen LogP contribution >= 0.6 is 0 Å². The maximum atomic E-state index is 9.94. The Morgan fingerprint density at radius 2 is 1.95 bits per heavy atom. The zero-order chi connectivity index (χ0) is 14.7. The molecule has 1 aliphatic heterocycles. The summed E-state index contributed by atoms with van der Waals surface area (Å²) in [5.41, 5.74) is 0. The highest BCUT2D eigenvalue weighted by Crippen LogP contribution is 2.39. The Bertz CT molecular complexity index is 275. The number of rotatable bonds is 4. The Morgan fingerprint density at radius 1 is 1.32 bits per heavy atom. The average Bonchev–Trinajstić information content (AvgIpc) is 2.51. The molecule has 19 heavy (non-hydrogen) atoms. The molecule has 2 N–H and O–H groups in total. The quantitative estimate of drug-likeness (QED) is 0.780. The highest BCUT2D eigenvalue weighted by molar-refractivity contribution is 6.74. The van der Waals surface area contributed by atoms with E-state index in [1.54, 1.807) is 0 Å². The van der Waals surface area contributed by atoms with Crippen LogP contribution in [-0.2, 0) is 9.16 Å². The zero-order valence-corrected chi connectivity index (χ0v) is 14.0. The van der Waals surface area contributed by atoms with Crippen LogP contribution in [0.1, 0.15) is 40.0 Å². The standard InChI is InChI=1S/C14H30O4Si/c1-14(2,3)19(4,5)18-12-8-6-7-9-17-13(12)11(16)10-15/h11-13,15-16H,6-10H2,1-5H3/t11?,12-,13+/m0/s1. The van der Waals surface area contributed by atoms with Crippen molar-refractivity contribution in [3.05, 3.63) is 0 Å². The minimum atomic E-state index is -1.89. The fourth-order valence-corrected chi connectivity index (χ4v) is 3.44. The van der Waals surface area contributed by atoms with Gasteiger partial charge in [0.05, 0.1) is 12.7 Å². The van der Waals surface area contributed by atoms with Crippen molar-refractivity contribution >= 4 is 8.32 Å². The Morgan fingerprint density at radius 3 is 2.47 bits per heavy atom. The van der Waals surface area contributed by atoms with Gasteiger partial charge in [-0.05, 0) is 37.4 Å². The van der Waals surface area contributed by atoms with E-state index in [4.69, 9.17) is 9.16 Å². The van der Waals surface area contributed by atoms with Gasteiger partial charge in [-0.15, -0.1) is 0 Å². The van der Waals surface area contributed by atoms with Crippen LogP contribution in [0.3, 0.4) is 0 Å². The first-order chi connectivity index (χ1) is 8.69. The fraction of sp³-hybridized carbons (Fsp3) is 1.00. The van der Waals surface area contributed by atoms with Crippen LogP contribution in [0.15, 0.2) is 0 Å². The molecule has 0 radical (unpaired) electrons. The number of hydrogen-bond donors (Lipinski definition) is 2. The Hall–Kier alpha value is 0.0569. The monoisotopic (exact) mass is 290 g/mol. The molecule has 1 heterocycles. The van der Waals surface area contributed by atoms with Gasteiger partial charge in [-0.2, -0.15) is 0 Å². The molecular formula is C14H30O4Si. The third-order valence-electron chi connectivity index (χ3n) is 4.38. The number of ether oxygens (including phenoxy) is 1. The van der Waals surface area contributed by atoms with Gasteiger partial charge in [0.15, 0.2) is 8.32 Å². The summed E-state index contributed by atoms with van der Waals surface area (Å²) in [6.45, 7) is 11.4. The fourth-order valence-electron chi connectivity index (χ4n) is 2.08. The molecule has 0 aromatic rings. The van der Waals surface area contributed by atoms with Gasteiger partial charge in [-0.1, -0.05) is 20.8 Å². The Balaban J connectivity index is 2.81. The topological polar surface area (TPSA) is 58.9 Å². The van der Waals surface area contributed by atoms with E-state index in [0.29, 0.717) is 6.61 Å². The molecule has 0 aromatic carbocycles. The van der Waals surface area contributed by atoms with Crippen molar-refractivity contribution in [3.8, 4) is 0 Å². The van der Waals surface area contributed by atoms with Crippen LogP contribution in [0.2, 0.25) is 18.1 Å². The van der Waals surface area contributed by atoms with Crippen molar-refractivity contribution in [2.24, 2.45) is 0 Å². The second-order valence-corrected chi connectivity index (χ2v) is 11.8. The predicted molar refractivity (Wildman–Crippen MR) is 78.8 cm³/mol. The first kappa shape index (κ1) is 17.1. The van der Waals surface area contributed by atoms with E-state index < -0.39 is 20.5 Å². The molecule has 114 valence electrons. The van der Waals surface area contributed by atoms with Gasteiger partial charge in [0.1, 0.15) is 12.2 Å². The maximum absolute atomic E-state index is 9.94. The van der Waals surface area contributed by atoms with Gasteiger partial charge in [-0.3, -0.25) is 0 Å². The predicted octanol–water partition coefficient (Wildman–Crippen LogP) is 2.30. The Kier molecular flexibility index (Phi) is 6.01. The van der Waals surface area contributed by atoms with Crippen molar-refractivity contribution in [3.63, 3.8) is 0 Å². The molecule has 0 bridgehead atoms. The molecule has 1 aliphatic rings. The molecule has 1 unspecified atom stereocenters. The molecular weight excluding hydrogens is 260 g/mol. The van der Waals surface area contributed by atoms with Crippen molar-refractivity contribution in [1.29, 1.82) is 0 Å². The third kappa shape index (κ3) is 4.53. The normalized spacial score (nSPS) is 27.9. The highest BCUT2D eigenvalue weighted by atomic mass is 28.4. The van der Waals surface area contributed by atoms with Crippen molar-refractivity contribution in [2.75, 3.05) is 13.2 Å². The first-order valence-electron chi connectivity index (χ1n) is 7.27. The van der Waals surface area contributed by atoms with Crippen LogP contribution in [0.25, 0.3) is 0 Å². The third-order valence-corrected chi connectivity index (χ3v) is 8.88. The lowest BCUT2D eigenvalue weighted by molar-refractivity contribution is -0.100. The van der Waals surface area contributed by atoms with Crippen LogP contribution < -0.4 is 0 Å². The summed E-state index contributed by atoms with van der Waals surface area (Å²) in [4.78, 5) is 0. The molecule has 1 fully saturated rings. The summed E-state index contributed by atoms with van der Waals surface area (Å²) in [6.07, 6.45) is 1.58. The van der Waals surface area contributed by atoms with E-state index in [1.165, 1.54) is 0 Å². The molecule has 0 aliphatic carbocycles. The van der Waals surface area contributed by atoms with Gasteiger partial charge < -0.3 is 19.4 Å². The number of hydrogen-bond acceptors (Lipinski definition) is 4. The summed E-state index contributed by atoms with van der Waals surface area (Å²) in [5.74, 6) is 0. The highest BCUT2D eigenvalue weighted by Gasteiger charge is 2.42. The molecule has 5 heteroatoms. The second-order valence-electron chi connectivity index (χ2n) is 7.00. The lowest BCUT2D eigenvalue weighted by Gasteiger charge is -2.41. The SMILES string of the molecule is CC(C)(C)[Si](C)(C)O[C@H]1CCCCO[C@@H]1C(O)CO. The number of aliphatic hydroxyl groups is 2. The largest absolute Gasteiger partial charge is 0.411 e. The molecule has 0 spiro atoms. The minimum Gasteiger partial charge on any atom is -0.411 e. The van der Waals surface area contributed by atoms with Gasteiger partial charge in [0.2, 0.25) is 0 Å². The Labute approximate surface area is 118 Å². The zero-order valence-electron chi connectivity index (χ0n) is 13.0. The molecule has 1 saturated heterocycles. The van der Waals surface area contributed by atoms with Gasteiger partial charge in [0, 0.05) is 6.61 Å². The number of aliphatic hydroxyl groups excluding tert-OH is 2. The van der Waals surface area contributed by atoms with Gasteiger partial charge in [0.25, 0.3) is 0 Å². The lowest BCUT2D eigenvalue weighted by atomic mass is 10.0. The van der Waals surface area contributed by atoms with E-state index in [-0.39, 0.29) is 17.7 Å². The van der Waals surface area contributed by atoms with Crippen molar-refractivity contribution in [1.82, 2.24) is 0 Å². The van der Waals surface area contributed by atoms with Crippen LogP contribution in [-0.4, -0.2) is 50.1 Å². The summed E-state index contributed by atoms with van der Waals surface area (Å²) >= 11 is 0. The van der Waals surface area contributed by atoms with Gasteiger partial charge in [-0.25, -0.2) is 0 Å². The van der Waals surface area contributed by atoms with E-state index in [9.17, 15) is 10.2 Å². The summed E-state index contributed by atoms with van der Waals surface area (Å²) < 4.78 is 12.1. The summed E-state index contributed by atoms with van der Waals surface area (Å²) in [5, 5.41) is 19.3. The maximum Gasteiger partial charge on any atom is 0.192 e. The molecule has 0 aromatic heterocycles. The smallest absolute Gasteiger partial charge is 0.192 e. The molecule has 4 nitrogen and oxygen atoms in total. The van der Waals surface area contributed by atoms with E-state index in [1.807, 2.05) is 0 Å². The first-order valence-corrected chi connectivity index (χ1v) is 10.2. The van der Waals surface area contributed by atoms with Crippen molar-refractivity contribution in [2.45, 2.75) is 76.5 Å². The van der Waals surface area contributed by atoms with Crippen LogP contribution in [0.4, 0.5) is 0 Å². The molecule has 0 amide bonds. The average molecular weight is 290 g/mol. The molecule has 0 saturated carbocycles. The molecule has 1 rings (SSSR count). The summed E-state index contributed by atoms with van der Waals surface area (Å²) in [6, 6.07) is 0. The van der Waals surface area contributed by atoms with Gasteiger partial charge >= 0.3 is 0 Å². The minimum absolute atomic E-state index is 0.106. The molecule has 3 atom stereocenters.